The molecule has 0 radical (unpaired) electrons. The van der Waals surface area contributed by atoms with Gasteiger partial charge in [-0.25, -0.2) is 0 Å². The number of benzene rings is 1. The highest BCUT2D eigenvalue weighted by molar-refractivity contribution is 9.12. The molecule has 4 rings (SSSR count). The van der Waals surface area contributed by atoms with Crippen molar-refractivity contribution >= 4 is 35.6 Å². The zero-order chi connectivity index (χ0) is 22.8. The van der Waals surface area contributed by atoms with E-state index in [1.807, 2.05) is 6.08 Å². The van der Waals surface area contributed by atoms with Crippen molar-refractivity contribution in [2.24, 2.45) is 0 Å². The van der Waals surface area contributed by atoms with Crippen LogP contribution in [0.4, 0.5) is 0 Å². The molecule has 5 nitrogen and oxygen atoms in total. The number of ketones is 1. The predicted molar refractivity (Wildman–Crippen MR) is 127 cm³/mol. The molecule has 1 spiro atoms. The quantitative estimate of drug-likeness (QED) is 0.417. The number of rotatable bonds is 4. The van der Waals surface area contributed by atoms with Gasteiger partial charge in [-0.3, -0.25) is 4.79 Å². The van der Waals surface area contributed by atoms with Gasteiger partial charge in [-0.1, -0.05) is 20.8 Å². The number of aromatic hydroxyl groups is 1. The van der Waals surface area contributed by atoms with Crippen molar-refractivity contribution in [2.45, 2.75) is 76.0 Å². The van der Waals surface area contributed by atoms with E-state index in [0.717, 1.165) is 24.8 Å². The normalized spacial score (nSPS) is 28.5. The van der Waals surface area contributed by atoms with E-state index < -0.39 is 20.0 Å². The van der Waals surface area contributed by atoms with Crippen LogP contribution in [0.25, 0.3) is 5.57 Å². The minimum Gasteiger partial charge on any atom is -0.507 e. The Morgan fingerprint density at radius 3 is 2.65 bits per heavy atom. The molecule has 1 N–H and O–H groups in total. The summed E-state index contributed by atoms with van der Waals surface area (Å²) in [4.78, 5) is 13.1. The summed E-state index contributed by atoms with van der Waals surface area (Å²) in [6.45, 7) is 11.2. The van der Waals surface area contributed by atoms with Crippen LogP contribution in [0.1, 0.15) is 45.6 Å². The number of hydrogen-bond donors (Lipinski definition) is 1. The molecule has 1 aromatic rings. The van der Waals surface area contributed by atoms with E-state index in [-0.39, 0.29) is 22.7 Å². The lowest BCUT2D eigenvalue weighted by molar-refractivity contribution is -0.129. The van der Waals surface area contributed by atoms with Crippen molar-refractivity contribution in [3.8, 4) is 11.5 Å². The lowest BCUT2D eigenvalue weighted by Crippen LogP contribution is -2.50. The van der Waals surface area contributed by atoms with Crippen LogP contribution in [0.15, 0.2) is 34.3 Å². The van der Waals surface area contributed by atoms with E-state index in [1.165, 1.54) is 0 Å². The maximum atomic E-state index is 13.1. The molecule has 1 fully saturated rings. The standard InChI is InChI=1S/C24H31BrO5Si/c1-23(2,3)31(5,6)30-18-8-7-11-24-16(18)13-19(29-24)22(27)21(25)20(24)15-12-14(28-4)9-10-17(15)26/h9-10,12-13,18-19,26H,7-8,11H2,1-6H3/t18-,19-,24+/m0/s1. The first-order valence-electron chi connectivity index (χ1n) is 10.8. The summed E-state index contributed by atoms with van der Waals surface area (Å²) >= 11 is 3.56. The van der Waals surface area contributed by atoms with Crippen molar-refractivity contribution < 1.29 is 23.8 Å². The summed E-state index contributed by atoms with van der Waals surface area (Å²) in [6, 6.07) is 5.07. The van der Waals surface area contributed by atoms with E-state index in [0.29, 0.717) is 21.4 Å². The van der Waals surface area contributed by atoms with Crippen LogP contribution in [0.2, 0.25) is 18.1 Å². The van der Waals surface area contributed by atoms with Crippen LogP contribution in [-0.4, -0.2) is 44.1 Å². The third-order valence-electron chi connectivity index (χ3n) is 7.28. The Balaban J connectivity index is 1.84. The van der Waals surface area contributed by atoms with E-state index in [2.05, 4.69) is 49.8 Å². The number of carbonyl (C=O) groups is 1. The molecule has 2 heterocycles. The zero-order valence-corrected chi connectivity index (χ0v) is 21.6. The second-order valence-electron chi connectivity index (χ2n) is 10.2. The molecule has 7 heteroatoms. The SMILES string of the molecule is COc1ccc(O)c(C2=C(Br)C(=O)[C@@H]3C=C4[C@@H](O[Si](C)(C)C(C)(C)C)CCC[C@@]42O3)c1. The van der Waals surface area contributed by atoms with Gasteiger partial charge in [0.15, 0.2) is 8.32 Å². The minimum absolute atomic E-state index is 0.0762. The molecule has 0 amide bonds. The van der Waals surface area contributed by atoms with E-state index in [4.69, 9.17) is 13.9 Å². The number of hydrogen-bond acceptors (Lipinski definition) is 5. The minimum atomic E-state index is -2.04. The average Bonchev–Trinajstić information content (AvgIpc) is 3.05. The van der Waals surface area contributed by atoms with Crippen molar-refractivity contribution in [2.75, 3.05) is 7.11 Å². The molecular formula is C24H31BrO5Si. The molecule has 168 valence electrons. The predicted octanol–water partition coefficient (Wildman–Crippen LogP) is 5.73. The van der Waals surface area contributed by atoms with Crippen LogP contribution < -0.4 is 4.74 Å². The molecule has 0 aromatic heterocycles. The van der Waals surface area contributed by atoms with Gasteiger partial charge in [0.2, 0.25) is 5.78 Å². The molecule has 1 aliphatic carbocycles. The Morgan fingerprint density at radius 1 is 1.29 bits per heavy atom. The summed E-state index contributed by atoms with van der Waals surface area (Å²) in [5.41, 5.74) is 1.47. The molecule has 2 aliphatic heterocycles. The Hall–Kier alpha value is -1.41. The fraction of sp³-hybridized carbons (Fsp3) is 0.542. The summed E-state index contributed by atoms with van der Waals surface area (Å²) in [5, 5.41) is 10.8. The summed E-state index contributed by atoms with van der Waals surface area (Å²) < 4.78 is 19.2. The maximum Gasteiger partial charge on any atom is 0.202 e. The van der Waals surface area contributed by atoms with Crippen molar-refractivity contribution in [1.82, 2.24) is 0 Å². The van der Waals surface area contributed by atoms with Crippen LogP contribution in [0.5, 0.6) is 11.5 Å². The summed E-state index contributed by atoms with van der Waals surface area (Å²) in [6.07, 6.45) is 3.79. The number of Topliss-reactive ketones (excluding diaryl/α,β-unsaturated/α-hetero) is 1. The molecule has 2 bridgehead atoms. The van der Waals surface area contributed by atoms with E-state index >= 15 is 0 Å². The van der Waals surface area contributed by atoms with Gasteiger partial charge >= 0.3 is 0 Å². The zero-order valence-electron chi connectivity index (χ0n) is 19.0. The fourth-order valence-electron chi connectivity index (χ4n) is 4.59. The van der Waals surface area contributed by atoms with Crippen LogP contribution >= 0.6 is 15.9 Å². The number of halogens is 1. The molecule has 0 saturated heterocycles. The highest BCUT2D eigenvalue weighted by Crippen LogP contribution is 2.57. The van der Waals surface area contributed by atoms with Crippen LogP contribution in [0.3, 0.4) is 0 Å². The van der Waals surface area contributed by atoms with Crippen molar-refractivity contribution in [3.05, 3.63) is 39.9 Å². The monoisotopic (exact) mass is 506 g/mol. The van der Waals surface area contributed by atoms with Gasteiger partial charge in [-0.05, 0) is 83.2 Å². The summed E-state index contributed by atoms with van der Waals surface area (Å²) in [5.74, 6) is 0.575. The molecular weight excluding hydrogens is 476 g/mol. The Bertz CT molecular complexity index is 990. The molecule has 0 unspecified atom stereocenters. The Kier molecular flexibility index (Phi) is 5.56. The van der Waals surface area contributed by atoms with Crippen molar-refractivity contribution in [1.29, 1.82) is 0 Å². The first-order chi connectivity index (χ1) is 14.4. The Labute approximate surface area is 193 Å². The molecule has 31 heavy (non-hydrogen) atoms. The van der Waals surface area contributed by atoms with Crippen LogP contribution in [-0.2, 0) is 14.0 Å². The van der Waals surface area contributed by atoms with Gasteiger partial charge in [0.1, 0.15) is 23.2 Å². The van der Waals surface area contributed by atoms with Gasteiger partial charge in [0.25, 0.3) is 0 Å². The number of ether oxygens (including phenoxy) is 2. The lowest BCUT2D eigenvalue weighted by atomic mass is 9.72. The topological polar surface area (TPSA) is 65.0 Å². The number of methoxy groups -OCH3 is 1. The van der Waals surface area contributed by atoms with Crippen LogP contribution in [0, 0.1) is 0 Å². The molecule has 1 aromatic carbocycles. The maximum absolute atomic E-state index is 13.1. The molecule has 3 atom stereocenters. The molecule has 1 saturated carbocycles. The smallest absolute Gasteiger partial charge is 0.202 e. The molecule has 3 aliphatic rings. The van der Waals surface area contributed by atoms with Crippen molar-refractivity contribution in [3.63, 3.8) is 0 Å². The average molecular weight is 507 g/mol. The Morgan fingerprint density at radius 2 is 2.00 bits per heavy atom. The van der Waals surface area contributed by atoms with Gasteiger partial charge < -0.3 is 19.0 Å². The van der Waals surface area contributed by atoms with E-state index in [9.17, 15) is 9.90 Å². The van der Waals surface area contributed by atoms with Gasteiger partial charge in [0.05, 0.1) is 17.7 Å². The number of phenolic OH excluding ortho intramolecular Hbond substituents is 1. The number of carbonyl (C=O) groups excluding carboxylic acids is 1. The van der Waals surface area contributed by atoms with Gasteiger partial charge in [-0.2, -0.15) is 0 Å². The highest BCUT2D eigenvalue weighted by atomic mass is 79.9. The second-order valence-corrected chi connectivity index (χ2v) is 15.7. The lowest BCUT2D eigenvalue weighted by Gasteiger charge is -2.47. The summed E-state index contributed by atoms with van der Waals surface area (Å²) in [7, 11) is -0.455. The largest absolute Gasteiger partial charge is 0.507 e. The van der Waals surface area contributed by atoms with E-state index in [1.54, 1.807) is 25.3 Å². The first kappa shape index (κ1) is 22.8. The first-order valence-corrected chi connectivity index (χ1v) is 14.5. The third-order valence-corrected chi connectivity index (χ3v) is 12.6. The fourth-order valence-corrected chi connectivity index (χ4v) is 6.66. The van der Waals surface area contributed by atoms with Gasteiger partial charge in [-0.15, -0.1) is 0 Å². The second kappa shape index (κ2) is 7.58. The van der Waals surface area contributed by atoms with Gasteiger partial charge in [0, 0.05) is 11.1 Å². The number of fused-ring (bicyclic) bond motifs is 1. The number of phenols is 1. The third kappa shape index (κ3) is 3.54. The highest BCUT2D eigenvalue weighted by Gasteiger charge is 2.58.